The third-order valence-electron chi connectivity index (χ3n) is 3.84. The van der Waals surface area contributed by atoms with Gasteiger partial charge in [-0.25, -0.2) is 4.39 Å². The lowest BCUT2D eigenvalue weighted by Crippen LogP contribution is -2.41. The molecule has 0 aliphatic rings. The Labute approximate surface area is 171 Å². The first kappa shape index (κ1) is 21.7. The summed E-state index contributed by atoms with van der Waals surface area (Å²) in [6.45, 7) is 4.75. The summed E-state index contributed by atoms with van der Waals surface area (Å²) in [4.78, 5) is 24.4. The van der Waals surface area contributed by atoms with Gasteiger partial charge in [0.2, 0.25) is 0 Å². The minimum Gasteiger partial charge on any atom is -0.493 e. The van der Waals surface area contributed by atoms with Crippen molar-refractivity contribution in [2.75, 3.05) is 13.7 Å². The fraction of sp³-hybridized carbons (Fsp3) is 0.300. The minimum absolute atomic E-state index is 0.188. The van der Waals surface area contributed by atoms with Crippen LogP contribution in [0.2, 0.25) is 0 Å². The highest BCUT2D eigenvalue weighted by atomic mass is 79.9. The summed E-state index contributed by atoms with van der Waals surface area (Å²) in [7, 11) is 1.49. The van der Waals surface area contributed by atoms with Gasteiger partial charge in [-0.15, -0.1) is 0 Å². The lowest BCUT2D eigenvalue weighted by atomic mass is 10.1. The first-order chi connectivity index (χ1) is 13.3. The van der Waals surface area contributed by atoms with Crippen LogP contribution in [0.25, 0.3) is 0 Å². The third-order valence-corrected chi connectivity index (χ3v) is 4.50. The molecule has 0 unspecified atom stereocenters. The molecule has 0 radical (unpaired) electrons. The Morgan fingerprint density at radius 2 is 1.79 bits per heavy atom. The Bertz CT molecular complexity index is 858. The summed E-state index contributed by atoms with van der Waals surface area (Å²) in [5.74, 6) is -0.113. The third kappa shape index (κ3) is 5.95. The second-order valence-electron chi connectivity index (χ2n) is 6.43. The van der Waals surface area contributed by atoms with Crippen molar-refractivity contribution in [3.05, 3.63) is 57.8 Å². The first-order valence-electron chi connectivity index (χ1n) is 8.68. The first-order valence-corrected chi connectivity index (χ1v) is 9.47. The number of methoxy groups -OCH3 is 1. The molecule has 2 aromatic rings. The molecule has 6 nitrogen and oxygen atoms in total. The minimum atomic E-state index is -0.583. The monoisotopic (exact) mass is 452 g/mol. The van der Waals surface area contributed by atoms with Gasteiger partial charge >= 0.3 is 0 Å². The van der Waals surface area contributed by atoms with E-state index in [0.717, 1.165) is 12.5 Å². The van der Waals surface area contributed by atoms with Crippen LogP contribution in [-0.4, -0.2) is 25.5 Å². The van der Waals surface area contributed by atoms with E-state index < -0.39 is 17.6 Å². The lowest BCUT2D eigenvalue weighted by Gasteiger charge is -2.13. The molecule has 8 heteroatoms. The predicted molar refractivity (Wildman–Crippen MR) is 107 cm³/mol. The van der Waals surface area contributed by atoms with E-state index in [1.54, 1.807) is 12.1 Å². The van der Waals surface area contributed by atoms with Crippen molar-refractivity contribution < 1.29 is 23.5 Å². The number of rotatable bonds is 7. The van der Waals surface area contributed by atoms with Crippen LogP contribution in [0, 0.1) is 11.7 Å². The molecule has 2 amide bonds. The van der Waals surface area contributed by atoms with Gasteiger partial charge in [-0.1, -0.05) is 13.8 Å². The summed E-state index contributed by atoms with van der Waals surface area (Å²) < 4.78 is 24.4. The SMILES string of the molecule is COc1cc(C(=O)NNC(=O)c2ccc(F)cc2Br)ccc1OCCC(C)C. The summed E-state index contributed by atoms with van der Waals surface area (Å²) in [6, 6.07) is 8.38. The molecule has 0 aliphatic carbocycles. The lowest BCUT2D eigenvalue weighted by molar-refractivity contribution is 0.0846. The van der Waals surface area contributed by atoms with Crippen molar-refractivity contribution in [1.29, 1.82) is 0 Å². The van der Waals surface area contributed by atoms with E-state index in [0.29, 0.717) is 24.0 Å². The quantitative estimate of drug-likeness (QED) is 0.620. The summed E-state index contributed by atoms with van der Waals surface area (Å²) >= 11 is 3.11. The van der Waals surface area contributed by atoms with Crippen LogP contribution in [0.5, 0.6) is 11.5 Å². The zero-order valence-corrected chi connectivity index (χ0v) is 17.4. The number of hydrogen-bond donors (Lipinski definition) is 2. The van der Waals surface area contributed by atoms with E-state index in [9.17, 15) is 14.0 Å². The van der Waals surface area contributed by atoms with Gasteiger partial charge in [0, 0.05) is 10.0 Å². The zero-order chi connectivity index (χ0) is 20.7. The summed E-state index contributed by atoms with van der Waals surface area (Å²) in [5, 5.41) is 0. The number of benzene rings is 2. The van der Waals surface area contributed by atoms with Gasteiger partial charge in [-0.2, -0.15) is 0 Å². The van der Waals surface area contributed by atoms with E-state index in [4.69, 9.17) is 9.47 Å². The van der Waals surface area contributed by atoms with Gasteiger partial charge in [0.25, 0.3) is 11.8 Å². The van der Waals surface area contributed by atoms with Crippen molar-refractivity contribution in [2.24, 2.45) is 5.92 Å². The molecule has 0 heterocycles. The Morgan fingerprint density at radius 1 is 1.07 bits per heavy atom. The van der Waals surface area contributed by atoms with Crippen molar-refractivity contribution in [3.8, 4) is 11.5 Å². The second kappa shape index (κ2) is 10.1. The number of carbonyl (C=O) groups is 2. The van der Waals surface area contributed by atoms with Crippen molar-refractivity contribution in [3.63, 3.8) is 0 Å². The molecule has 2 aromatic carbocycles. The van der Waals surface area contributed by atoms with Crippen LogP contribution in [0.15, 0.2) is 40.9 Å². The van der Waals surface area contributed by atoms with Crippen LogP contribution in [-0.2, 0) is 0 Å². The van der Waals surface area contributed by atoms with Crippen LogP contribution in [0.4, 0.5) is 4.39 Å². The smallest absolute Gasteiger partial charge is 0.270 e. The van der Waals surface area contributed by atoms with Gasteiger partial charge in [0.1, 0.15) is 5.82 Å². The van der Waals surface area contributed by atoms with Gasteiger partial charge < -0.3 is 9.47 Å². The van der Waals surface area contributed by atoms with Crippen LogP contribution < -0.4 is 20.3 Å². The molecule has 0 saturated heterocycles. The molecule has 28 heavy (non-hydrogen) atoms. The van der Waals surface area contributed by atoms with Crippen LogP contribution in [0.3, 0.4) is 0 Å². The Kier molecular flexibility index (Phi) is 7.80. The predicted octanol–water partition coefficient (Wildman–Crippen LogP) is 4.10. The highest BCUT2D eigenvalue weighted by Crippen LogP contribution is 2.28. The van der Waals surface area contributed by atoms with Crippen LogP contribution >= 0.6 is 15.9 Å². The molecule has 0 saturated carbocycles. The molecule has 0 aromatic heterocycles. The molecule has 0 atom stereocenters. The fourth-order valence-electron chi connectivity index (χ4n) is 2.26. The fourth-order valence-corrected chi connectivity index (χ4v) is 2.79. The van der Waals surface area contributed by atoms with Gasteiger partial charge in [-0.3, -0.25) is 20.4 Å². The molecule has 0 aliphatic heterocycles. The standard InChI is InChI=1S/C20H22BrFN2O4/c1-12(2)8-9-28-17-7-4-13(10-18(17)27-3)19(25)23-24-20(26)15-6-5-14(22)11-16(15)21/h4-7,10-12H,8-9H2,1-3H3,(H,23,25)(H,24,26). The normalized spacial score (nSPS) is 10.5. The Hall–Kier alpha value is -2.61. The number of hydrazine groups is 1. The van der Waals surface area contributed by atoms with E-state index in [-0.39, 0.29) is 15.6 Å². The van der Waals surface area contributed by atoms with Crippen molar-refractivity contribution in [2.45, 2.75) is 20.3 Å². The maximum absolute atomic E-state index is 13.1. The summed E-state index contributed by atoms with van der Waals surface area (Å²) in [6.07, 6.45) is 0.899. The highest BCUT2D eigenvalue weighted by Gasteiger charge is 2.14. The number of carbonyl (C=O) groups excluding carboxylic acids is 2. The topological polar surface area (TPSA) is 76.7 Å². The van der Waals surface area contributed by atoms with E-state index in [1.165, 1.54) is 25.3 Å². The van der Waals surface area contributed by atoms with E-state index in [2.05, 4.69) is 40.6 Å². The number of halogens is 2. The molecule has 0 bridgehead atoms. The number of hydrogen-bond acceptors (Lipinski definition) is 4. The second-order valence-corrected chi connectivity index (χ2v) is 7.28. The number of nitrogens with one attached hydrogen (secondary N) is 2. The van der Waals surface area contributed by atoms with Crippen LogP contribution in [0.1, 0.15) is 41.0 Å². The molecule has 0 fully saturated rings. The van der Waals surface area contributed by atoms with Crippen molar-refractivity contribution >= 4 is 27.7 Å². The Balaban J connectivity index is 2.00. The maximum atomic E-state index is 13.1. The van der Waals surface area contributed by atoms with Crippen molar-refractivity contribution in [1.82, 2.24) is 10.9 Å². The van der Waals surface area contributed by atoms with Gasteiger partial charge in [0.05, 0.1) is 19.3 Å². The average molecular weight is 453 g/mol. The average Bonchev–Trinajstić information content (AvgIpc) is 2.65. The number of amides is 2. The molecule has 2 N–H and O–H groups in total. The summed E-state index contributed by atoms with van der Waals surface area (Å²) in [5.41, 5.74) is 5.08. The Morgan fingerprint density at radius 3 is 2.43 bits per heavy atom. The zero-order valence-electron chi connectivity index (χ0n) is 15.8. The largest absolute Gasteiger partial charge is 0.493 e. The molecule has 2 rings (SSSR count). The number of ether oxygens (including phenoxy) is 2. The highest BCUT2D eigenvalue weighted by molar-refractivity contribution is 9.10. The maximum Gasteiger partial charge on any atom is 0.270 e. The van der Waals surface area contributed by atoms with Gasteiger partial charge in [0.15, 0.2) is 11.5 Å². The van der Waals surface area contributed by atoms with E-state index in [1.807, 2.05) is 0 Å². The molecule has 0 spiro atoms. The van der Waals surface area contributed by atoms with E-state index >= 15 is 0 Å². The van der Waals surface area contributed by atoms with Gasteiger partial charge in [-0.05, 0) is 64.7 Å². The molecular weight excluding hydrogens is 431 g/mol. The molecular formula is C20H22BrFN2O4. The molecule has 150 valence electrons.